The molecule has 24 heavy (non-hydrogen) atoms. The molecule has 0 aromatic heterocycles. The predicted octanol–water partition coefficient (Wildman–Crippen LogP) is -0.855. The van der Waals surface area contributed by atoms with Gasteiger partial charge >= 0.3 is 17.9 Å². The molecular formula is C14H24FeN2O7. The fraction of sp³-hybridized carbons (Fsp3) is 0.786. The van der Waals surface area contributed by atoms with Crippen LogP contribution in [0.15, 0.2) is 0 Å². The van der Waals surface area contributed by atoms with E-state index in [1.54, 1.807) is 4.90 Å². The van der Waals surface area contributed by atoms with Crippen LogP contribution in [0.25, 0.3) is 0 Å². The Hall–Kier alpha value is -1.19. The summed E-state index contributed by atoms with van der Waals surface area (Å²) in [5.74, 6) is -3.33. The van der Waals surface area contributed by atoms with Crippen LogP contribution in [0, 0.1) is 0 Å². The van der Waals surface area contributed by atoms with Crippen molar-refractivity contribution >= 4 is 17.9 Å². The van der Waals surface area contributed by atoms with Crippen molar-refractivity contribution in [1.82, 2.24) is 9.80 Å². The summed E-state index contributed by atoms with van der Waals surface area (Å²) < 4.78 is 0. The molecule has 1 fully saturated rings. The third kappa shape index (κ3) is 8.60. The van der Waals surface area contributed by atoms with E-state index in [1.165, 1.54) is 4.90 Å². The molecule has 0 aliphatic heterocycles. The summed E-state index contributed by atoms with van der Waals surface area (Å²) in [7, 11) is 0. The number of carboxylic acids is 3. The number of aliphatic hydroxyl groups excluding tert-OH is 1. The second kappa shape index (κ2) is 11.4. The first-order chi connectivity index (χ1) is 10.8. The monoisotopic (exact) mass is 388 g/mol. The summed E-state index contributed by atoms with van der Waals surface area (Å²) in [6, 6.07) is -0.295. The van der Waals surface area contributed by atoms with Crippen molar-refractivity contribution in [2.75, 3.05) is 32.7 Å². The maximum atomic E-state index is 11.0. The molecular weight excluding hydrogens is 364 g/mol. The Kier molecular flexibility index (Phi) is 10.8. The Labute approximate surface area is 150 Å². The molecule has 2 atom stereocenters. The van der Waals surface area contributed by atoms with E-state index >= 15 is 0 Å². The maximum Gasteiger partial charge on any atom is 0.317 e. The number of carbonyl (C=O) groups is 3. The van der Waals surface area contributed by atoms with Gasteiger partial charge in [-0.3, -0.25) is 24.2 Å². The molecule has 4 N–H and O–H groups in total. The SMILES string of the molecule is O=C(O)CN(CCN(CC(=O)O)C1CCCCC1O)CC(=O)O.[Fe]. The molecule has 10 heteroatoms. The van der Waals surface area contributed by atoms with Gasteiger partial charge in [0, 0.05) is 36.2 Å². The number of aliphatic carboxylic acids is 3. The molecule has 1 saturated carbocycles. The van der Waals surface area contributed by atoms with Crippen molar-refractivity contribution in [1.29, 1.82) is 0 Å². The summed E-state index contributed by atoms with van der Waals surface area (Å²) in [5, 5.41) is 36.7. The second-order valence-electron chi connectivity index (χ2n) is 5.78. The van der Waals surface area contributed by atoms with Gasteiger partial charge in [-0.15, -0.1) is 0 Å². The first-order valence-electron chi connectivity index (χ1n) is 7.59. The van der Waals surface area contributed by atoms with Crippen LogP contribution in [0.4, 0.5) is 0 Å². The topological polar surface area (TPSA) is 139 Å². The van der Waals surface area contributed by atoms with Gasteiger partial charge < -0.3 is 20.4 Å². The van der Waals surface area contributed by atoms with Gasteiger partial charge in [0.05, 0.1) is 25.7 Å². The number of nitrogens with zero attached hydrogens (tertiary/aromatic N) is 2. The number of hydrogen-bond acceptors (Lipinski definition) is 6. The smallest absolute Gasteiger partial charge is 0.317 e. The van der Waals surface area contributed by atoms with Crippen molar-refractivity contribution in [2.45, 2.75) is 37.8 Å². The van der Waals surface area contributed by atoms with Crippen molar-refractivity contribution in [2.24, 2.45) is 0 Å². The molecule has 0 saturated heterocycles. The minimum absolute atomic E-state index is 0. The predicted molar refractivity (Wildman–Crippen MR) is 79.2 cm³/mol. The maximum absolute atomic E-state index is 11.0. The van der Waals surface area contributed by atoms with Crippen LogP contribution in [0.2, 0.25) is 0 Å². The Morgan fingerprint density at radius 2 is 1.33 bits per heavy atom. The molecule has 140 valence electrons. The van der Waals surface area contributed by atoms with Crippen LogP contribution in [-0.4, -0.2) is 93.0 Å². The molecule has 9 nitrogen and oxygen atoms in total. The van der Waals surface area contributed by atoms with Crippen molar-refractivity contribution in [3.8, 4) is 0 Å². The summed E-state index contributed by atoms with van der Waals surface area (Å²) >= 11 is 0. The Bertz CT molecular complexity index is 419. The van der Waals surface area contributed by atoms with Crippen molar-refractivity contribution in [3.05, 3.63) is 0 Å². The van der Waals surface area contributed by atoms with Crippen LogP contribution < -0.4 is 0 Å². The van der Waals surface area contributed by atoms with Crippen LogP contribution in [0.5, 0.6) is 0 Å². The van der Waals surface area contributed by atoms with Gasteiger partial charge in [-0.2, -0.15) is 0 Å². The van der Waals surface area contributed by atoms with E-state index in [1.807, 2.05) is 0 Å². The summed E-state index contributed by atoms with van der Waals surface area (Å²) in [6.07, 6.45) is 2.45. The fourth-order valence-corrected chi connectivity index (χ4v) is 2.92. The average molecular weight is 388 g/mol. The number of carboxylic acid groups (broad SMARTS) is 3. The number of hydrogen-bond donors (Lipinski definition) is 4. The van der Waals surface area contributed by atoms with Crippen LogP contribution >= 0.6 is 0 Å². The van der Waals surface area contributed by atoms with E-state index < -0.39 is 37.1 Å². The molecule has 0 aromatic carbocycles. The Balaban J connectivity index is 0.00000529. The van der Waals surface area contributed by atoms with Gasteiger partial charge in [0.25, 0.3) is 0 Å². The summed E-state index contributed by atoms with van der Waals surface area (Å²) in [5.41, 5.74) is 0. The Morgan fingerprint density at radius 1 is 0.833 bits per heavy atom. The standard InChI is InChI=1S/C14H24N2O7.Fe/c17-11-4-2-1-3-10(11)16(9-14(22)23)6-5-15(7-12(18)19)8-13(20)21;/h10-11,17H,1-9H2,(H,18,19)(H,20,21)(H,22,23);. The minimum atomic E-state index is -1.14. The zero-order valence-electron chi connectivity index (χ0n) is 13.3. The molecule has 0 bridgehead atoms. The van der Waals surface area contributed by atoms with Crippen LogP contribution in [-0.2, 0) is 31.5 Å². The molecule has 0 amide bonds. The van der Waals surface area contributed by atoms with E-state index in [4.69, 9.17) is 15.3 Å². The molecule has 0 radical (unpaired) electrons. The van der Waals surface area contributed by atoms with Crippen molar-refractivity contribution in [3.63, 3.8) is 0 Å². The molecule has 0 heterocycles. The first kappa shape index (κ1) is 22.8. The normalized spacial score (nSPS) is 20.6. The van der Waals surface area contributed by atoms with Gasteiger partial charge in [0.15, 0.2) is 0 Å². The number of rotatable bonds is 10. The van der Waals surface area contributed by atoms with Gasteiger partial charge in [-0.05, 0) is 12.8 Å². The van der Waals surface area contributed by atoms with Gasteiger partial charge in [-0.1, -0.05) is 12.8 Å². The molecule has 1 rings (SSSR count). The largest absolute Gasteiger partial charge is 0.480 e. The van der Waals surface area contributed by atoms with Crippen LogP contribution in [0.1, 0.15) is 25.7 Å². The number of aliphatic hydroxyl groups is 1. The first-order valence-corrected chi connectivity index (χ1v) is 7.59. The zero-order valence-corrected chi connectivity index (χ0v) is 14.4. The summed E-state index contributed by atoms with van der Waals surface area (Å²) in [6.45, 7) is -0.833. The molecule has 0 aromatic rings. The molecule has 0 spiro atoms. The average Bonchev–Trinajstić information content (AvgIpc) is 2.42. The zero-order chi connectivity index (χ0) is 17.4. The molecule has 1 aliphatic carbocycles. The Morgan fingerprint density at radius 3 is 1.79 bits per heavy atom. The molecule has 2 unspecified atom stereocenters. The van der Waals surface area contributed by atoms with Gasteiger partial charge in [-0.25, -0.2) is 0 Å². The minimum Gasteiger partial charge on any atom is -0.480 e. The van der Waals surface area contributed by atoms with Crippen LogP contribution in [0.3, 0.4) is 0 Å². The second-order valence-corrected chi connectivity index (χ2v) is 5.78. The van der Waals surface area contributed by atoms with E-state index in [-0.39, 0.29) is 42.7 Å². The van der Waals surface area contributed by atoms with Crippen molar-refractivity contribution < 1.29 is 51.9 Å². The third-order valence-corrected chi connectivity index (χ3v) is 3.92. The van der Waals surface area contributed by atoms with E-state index in [0.717, 1.165) is 12.8 Å². The van der Waals surface area contributed by atoms with Gasteiger partial charge in [0.2, 0.25) is 0 Å². The quantitative estimate of drug-likeness (QED) is 0.352. The van der Waals surface area contributed by atoms with E-state index in [2.05, 4.69) is 0 Å². The molecule has 1 aliphatic rings. The third-order valence-electron chi connectivity index (χ3n) is 3.92. The van der Waals surface area contributed by atoms with E-state index in [0.29, 0.717) is 12.8 Å². The fourth-order valence-electron chi connectivity index (χ4n) is 2.92. The van der Waals surface area contributed by atoms with E-state index in [9.17, 15) is 19.5 Å². The van der Waals surface area contributed by atoms with Gasteiger partial charge in [0.1, 0.15) is 0 Å². The summed E-state index contributed by atoms with van der Waals surface area (Å²) in [4.78, 5) is 35.4.